The lowest BCUT2D eigenvalue weighted by Gasteiger charge is -2.42. The molecule has 2 saturated heterocycles. The lowest BCUT2D eigenvalue weighted by atomic mass is 9.75. The van der Waals surface area contributed by atoms with Crippen LogP contribution in [0, 0.1) is 11.3 Å². The highest BCUT2D eigenvalue weighted by atomic mass is 35.5. The van der Waals surface area contributed by atoms with Crippen LogP contribution in [0.1, 0.15) is 52.4 Å². The van der Waals surface area contributed by atoms with Gasteiger partial charge >= 0.3 is 0 Å². The van der Waals surface area contributed by atoms with Crippen molar-refractivity contribution in [2.75, 3.05) is 32.1 Å². The summed E-state index contributed by atoms with van der Waals surface area (Å²) in [6.07, 6.45) is 6.26. The first-order valence-corrected chi connectivity index (χ1v) is 10.2. The minimum atomic E-state index is -3.29. The number of hydrogen-bond acceptors (Lipinski definition) is 2. The molecular formula is C15H29ClN2O2S. The molecule has 0 radical (unpaired) electrons. The molecule has 1 unspecified atom stereocenters. The third-order valence-electron chi connectivity index (χ3n) is 5.64. The van der Waals surface area contributed by atoms with Crippen molar-refractivity contribution < 1.29 is 8.42 Å². The summed E-state index contributed by atoms with van der Waals surface area (Å²) in [5, 5.41) is 0. The summed E-state index contributed by atoms with van der Waals surface area (Å²) in [4.78, 5) is 0. The molecule has 1 atom stereocenters. The number of rotatable bonds is 5. The maximum Gasteiger partial charge on any atom is 0.281 e. The maximum atomic E-state index is 12.8. The molecule has 0 amide bonds. The van der Waals surface area contributed by atoms with E-state index in [1.165, 1.54) is 0 Å². The van der Waals surface area contributed by atoms with Gasteiger partial charge in [0.2, 0.25) is 0 Å². The van der Waals surface area contributed by atoms with Crippen LogP contribution >= 0.6 is 11.6 Å². The van der Waals surface area contributed by atoms with Crippen LogP contribution in [0.5, 0.6) is 0 Å². The second kappa shape index (κ2) is 7.16. The largest absolute Gasteiger partial charge is 0.281 e. The molecule has 2 aliphatic rings. The summed E-state index contributed by atoms with van der Waals surface area (Å²) >= 11 is 5.92. The Morgan fingerprint density at radius 3 is 2.24 bits per heavy atom. The van der Waals surface area contributed by atoms with Crippen molar-refractivity contribution >= 4 is 21.8 Å². The first-order valence-electron chi connectivity index (χ1n) is 8.28. The average molecular weight is 337 g/mol. The van der Waals surface area contributed by atoms with E-state index in [4.69, 9.17) is 11.6 Å². The molecule has 2 aliphatic heterocycles. The quantitative estimate of drug-likeness (QED) is 0.724. The van der Waals surface area contributed by atoms with Gasteiger partial charge in [0.15, 0.2) is 0 Å². The molecule has 0 saturated carbocycles. The molecule has 0 aromatic heterocycles. The lowest BCUT2D eigenvalue weighted by Crippen LogP contribution is -2.51. The molecule has 124 valence electrons. The van der Waals surface area contributed by atoms with E-state index in [-0.39, 0.29) is 0 Å². The van der Waals surface area contributed by atoms with Crippen LogP contribution < -0.4 is 0 Å². The Morgan fingerprint density at radius 1 is 1.10 bits per heavy atom. The molecule has 0 N–H and O–H groups in total. The van der Waals surface area contributed by atoms with E-state index < -0.39 is 10.2 Å². The van der Waals surface area contributed by atoms with Gasteiger partial charge in [-0.1, -0.05) is 26.7 Å². The third kappa shape index (κ3) is 3.74. The molecule has 0 aromatic carbocycles. The van der Waals surface area contributed by atoms with Gasteiger partial charge in [0.1, 0.15) is 0 Å². The number of halogens is 1. The highest BCUT2D eigenvalue weighted by molar-refractivity contribution is 7.86. The average Bonchev–Trinajstić information content (AvgIpc) is 2.55. The number of alkyl halides is 1. The van der Waals surface area contributed by atoms with Gasteiger partial charge in [0.25, 0.3) is 10.2 Å². The molecule has 0 aromatic rings. The van der Waals surface area contributed by atoms with Gasteiger partial charge < -0.3 is 0 Å². The van der Waals surface area contributed by atoms with E-state index in [1.807, 2.05) is 0 Å². The summed E-state index contributed by atoms with van der Waals surface area (Å²) in [5.74, 6) is 0.867. The van der Waals surface area contributed by atoms with E-state index in [0.29, 0.717) is 43.4 Å². The van der Waals surface area contributed by atoms with Crippen molar-refractivity contribution in [3.63, 3.8) is 0 Å². The second-order valence-corrected chi connectivity index (χ2v) is 8.87. The predicted molar refractivity (Wildman–Crippen MR) is 87.8 cm³/mol. The first kappa shape index (κ1) is 17.5. The topological polar surface area (TPSA) is 40.6 Å². The lowest BCUT2D eigenvalue weighted by molar-refractivity contribution is 0.134. The minimum Gasteiger partial charge on any atom is -0.195 e. The molecule has 4 nitrogen and oxygen atoms in total. The van der Waals surface area contributed by atoms with Crippen molar-refractivity contribution in [2.24, 2.45) is 11.3 Å². The highest BCUT2D eigenvalue weighted by Gasteiger charge is 2.39. The smallest absolute Gasteiger partial charge is 0.195 e. The molecular weight excluding hydrogens is 308 g/mol. The van der Waals surface area contributed by atoms with Crippen molar-refractivity contribution in [1.82, 2.24) is 8.61 Å². The Labute approximate surface area is 135 Å². The standard InChI is InChI=1S/C15H29ClN2O2S/c1-3-15(4-2)7-10-17(11-8-15)21(19,20)18-9-5-6-14(12-16)13-18/h14H,3-13H2,1-2H3. The van der Waals surface area contributed by atoms with Gasteiger partial charge in [0.05, 0.1) is 0 Å². The SMILES string of the molecule is CCC1(CC)CCN(S(=O)(=O)N2CCCC(CCl)C2)CC1. The summed E-state index contributed by atoms with van der Waals surface area (Å²) in [5.41, 5.74) is 0.354. The highest BCUT2D eigenvalue weighted by Crippen LogP contribution is 2.39. The maximum absolute atomic E-state index is 12.8. The van der Waals surface area contributed by atoms with E-state index in [0.717, 1.165) is 38.5 Å². The Kier molecular flexibility index (Phi) is 5.97. The molecule has 0 spiro atoms. The molecule has 0 aliphatic carbocycles. The van der Waals surface area contributed by atoms with E-state index >= 15 is 0 Å². The fraction of sp³-hybridized carbons (Fsp3) is 1.00. The fourth-order valence-corrected chi connectivity index (χ4v) is 5.66. The first-order chi connectivity index (χ1) is 9.97. The van der Waals surface area contributed by atoms with Crippen molar-refractivity contribution in [2.45, 2.75) is 52.4 Å². The molecule has 2 heterocycles. The summed E-state index contributed by atoms with van der Waals surface area (Å²) in [7, 11) is -3.29. The van der Waals surface area contributed by atoms with Crippen LogP contribution in [0.4, 0.5) is 0 Å². The summed E-state index contributed by atoms with van der Waals surface area (Å²) in [6, 6.07) is 0. The summed E-state index contributed by atoms with van der Waals surface area (Å²) < 4.78 is 29.0. The molecule has 2 fully saturated rings. The van der Waals surface area contributed by atoms with Crippen molar-refractivity contribution in [1.29, 1.82) is 0 Å². The van der Waals surface area contributed by atoms with Gasteiger partial charge in [0, 0.05) is 32.1 Å². The zero-order chi connectivity index (χ0) is 15.5. The Morgan fingerprint density at radius 2 is 1.71 bits per heavy atom. The normalized spacial score (nSPS) is 28.6. The molecule has 21 heavy (non-hydrogen) atoms. The van der Waals surface area contributed by atoms with Crippen molar-refractivity contribution in [3.8, 4) is 0 Å². The Hall–Kier alpha value is 0.160. The van der Waals surface area contributed by atoms with E-state index in [2.05, 4.69) is 13.8 Å². The van der Waals surface area contributed by atoms with Crippen LogP contribution in [0.3, 0.4) is 0 Å². The van der Waals surface area contributed by atoms with Gasteiger partial charge in [-0.15, -0.1) is 11.6 Å². The van der Waals surface area contributed by atoms with Gasteiger partial charge in [-0.3, -0.25) is 0 Å². The monoisotopic (exact) mass is 336 g/mol. The Bertz CT molecular complexity index is 427. The predicted octanol–water partition coefficient (Wildman–Crippen LogP) is 3.08. The fourth-order valence-electron chi connectivity index (χ4n) is 3.67. The van der Waals surface area contributed by atoms with Crippen LogP contribution in [-0.2, 0) is 10.2 Å². The number of hydrogen-bond donors (Lipinski definition) is 0. The number of nitrogens with zero attached hydrogens (tertiary/aromatic N) is 2. The molecule has 6 heteroatoms. The van der Waals surface area contributed by atoms with Gasteiger partial charge in [-0.2, -0.15) is 17.0 Å². The molecule has 2 rings (SSSR count). The second-order valence-electron chi connectivity index (χ2n) is 6.63. The van der Waals surface area contributed by atoms with Crippen LogP contribution in [0.25, 0.3) is 0 Å². The zero-order valence-electron chi connectivity index (χ0n) is 13.4. The van der Waals surface area contributed by atoms with E-state index in [1.54, 1.807) is 8.61 Å². The minimum absolute atomic E-state index is 0.311. The number of piperidine rings is 2. The van der Waals surface area contributed by atoms with Gasteiger partial charge in [-0.05, 0) is 37.0 Å². The van der Waals surface area contributed by atoms with Crippen LogP contribution in [0.15, 0.2) is 0 Å². The zero-order valence-corrected chi connectivity index (χ0v) is 14.9. The van der Waals surface area contributed by atoms with Gasteiger partial charge in [-0.25, -0.2) is 0 Å². The molecule has 0 bridgehead atoms. The van der Waals surface area contributed by atoms with Crippen LogP contribution in [0.2, 0.25) is 0 Å². The van der Waals surface area contributed by atoms with Crippen LogP contribution in [-0.4, -0.2) is 49.1 Å². The third-order valence-corrected chi connectivity index (χ3v) is 8.07. The van der Waals surface area contributed by atoms with E-state index in [9.17, 15) is 8.42 Å². The Balaban J connectivity index is 2.01. The summed E-state index contributed by atoms with van der Waals surface area (Å²) in [6.45, 7) is 7.04. The van der Waals surface area contributed by atoms with Crippen molar-refractivity contribution in [3.05, 3.63) is 0 Å².